The van der Waals surface area contributed by atoms with Crippen LogP contribution in [-0.4, -0.2) is 18.8 Å². The molecule has 26 heavy (non-hydrogen) atoms. The molecule has 0 saturated carbocycles. The molecule has 4 rings (SSSR count). The molecule has 1 heterocycles. The maximum atomic E-state index is 13.4. The number of nitrogens with zero attached hydrogens (tertiary/aromatic N) is 1. The first-order valence-electron chi connectivity index (χ1n) is 8.71. The standard InChI is InChI=1S/C22H21NO2S/c1-17-13-15-21(16-14-17)26(24,25)23-18(2)22(23,19-9-5-3-6-10-19)20-11-7-4-8-12-20/h3-16,18H,1-2H3. The highest BCUT2D eigenvalue weighted by molar-refractivity contribution is 7.89. The Kier molecular flexibility index (Phi) is 3.98. The van der Waals surface area contributed by atoms with Gasteiger partial charge in [-0.25, -0.2) is 8.42 Å². The molecule has 0 bridgehead atoms. The minimum atomic E-state index is -3.60. The zero-order valence-electron chi connectivity index (χ0n) is 14.8. The van der Waals surface area contributed by atoms with Crippen LogP contribution < -0.4 is 0 Å². The van der Waals surface area contributed by atoms with Crippen LogP contribution in [0.25, 0.3) is 0 Å². The third-order valence-corrected chi connectivity index (χ3v) is 7.23. The van der Waals surface area contributed by atoms with Crippen LogP contribution in [0.4, 0.5) is 0 Å². The topological polar surface area (TPSA) is 37.1 Å². The van der Waals surface area contributed by atoms with E-state index in [0.29, 0.717) is 4.90 Å². The lowest BCUT2D eigenvalue weighted by atomic mass is 9.88. The monoisotopic (exact) mass is 363 g/mol. The van der Waals surface area contributed by atoms with Crippen LogP contribution in [-0.2, 0) is 15.6 Å². The van der Waals surface area contributed by atoms with E-state index in [-0.39, 0.29) is 6.04 Å². The predicted molar refractivity (Wildman–Crippen MR) is 103 cm³/mol. The van der Waals surface area contributed by atoms with Crippen molar-refractivity contribution in [3.8, 4) is 0 Å². The summed E-state index contributed by atoms with van der Waals surface area (Å²) in [5.41, 5.74) is 2.37. The maximum Gasteiger partial charge on any atom is 0.244 e. The van der Waals surface area contributed by atoms with Crippen molar-refractivity contribution in [2.45, 2.75) is 30.3 Å². The quantitative estimate of drug-likeness (QED) is 0.647. The molecule has 0 aromatic heterocycles. The highest BCUT2D eigenvalue weighted by atomic mass is 32.2. The van der Waals surface area contributed by atoms with Crippen molar-refractivity contribution in [2.24, 2.45) is 0 Å². The molecule has 0 radical (unpaired) electrons. The number of aryl methyl sites for hydroxylation is 1. The third kappa shape index (κ3) is 2.41. The van der Waals surface area contributed by atoms with Crippen LogP contribution in [0.15, 0.2) is 89.8 Å². The van der Waals surface area contributed by atoms with Gasteiger partial charge < -0.3 is 0 Å². The van der Waals surface area contributed by atoms with E-state index in [1.54, 1.807) is 16.4 Å². The van der Waals surface area contributed by atoms with Crippen molar-refractivity contribution in [1.82, 2.24) is 4.31 Å². The number of benzene rings is 3. The summed E-state index contributed by atoms with van der Waals surface area (Å²) in [5.74, 6) is 0. The first-order valence-corrected chi connectivity index (χ1v) is 10.2. The maximum absolute atomic E-state index is 13.4. The van der Waals surface area contributed by atoms with Gasteiger partial charge in [0.05, 0.1) is 10.9 Å². The molecule has 0 aliphatic carbocycles. The summed E-state index contributed by atoms with van der Waals surface area (Å²) >= 11 is 0. The van der Waals surface area contributed by atoms with Crippen molar-refractivity contribution in [1.29, 1.82) is 0 Å². The smallest absolute Gasteiger partial charge is 0.207 e. The van der Waals surface area contributed by atoms with Crippen molar-refractivity contribution < 1.29 is 8.42 Å². The Labute approximate surface area is 155 Å². The second kappa shape index (κ2) is 6.08. The molecule has 0 spiro atoms. The largest absolute Gasteiger partial charge is 0.244 e. The van der Waals surface area contributed by atoms with Crippen molar-refractivity contribution in [2.75, 3.05) is 0 Å². The molecule has 0 N–H and O–H groups in total. The van der Waals surface area contributed by atoms with E-state index in [4.69, 9.17) is 0 Å². The van der Waals surface area contributed by atoms with Gasteiger partial charge in [-0.3, -0.25) is 0 Å². The average Bonchev–Trinajstić information content (AvgIpc) is 3.31. The fraction of sp³-hybridized carbons (Fsp3) is 0.182. The van der Waals surface area contributed by atoms with Gasteiger partial charge in [-0.05, 0) is 37.1 Å². The highest BCUT2D eigenvalue weighted by Gasteiger charge is 2.67. The van der Waals surface area contributed by atoms with Gasteiger partial charge >= 0.3 is 0 Å². The lowest BCUT2D eigenvalue weighted by molar-refractivity contribution is 0.531. The summed E-state index contributed by atoms with van der Waals surface area (Å²) < 4.78 is 28.4. The van der Waals surface area contributed by atoms with Gasteiger partial charge in [0.1, 0.15) is 5.54 Å². The summed E-state index contributed by atoms with van der Waals surface area (Å²) in [6, 6.07) is 26.7. The fourth-order valence-electron chi connectivity index (χ4n) is 3.91. The Balaban J connectivity index is 1.88. The Bertz CT molecular complexity index is 973. The summed E-state index contributed by atoms with van der Waals surface area (Å²) in [6.07, 6.45) is 0. The van der Waals surface area contributed by atoms with Gasteiger partial charge in [-0.2, -0.15) is 4.31 Å². The van der Waals surface area contributed by atoms with Crippen LogP contribution >= 0.6 is 0 Å². The van der Waals surface area contributed by atoms with E-state index in [2.05, 4.69) is 0 Å². The molecule has 132 valence electrons. The molecule has 3 nitrogen and oxygen atoms in total. The second-order valence-corrected chi connectivity index (χ2v) is 8.60. The van der Waals surface area contributed by atoms with E-state index < -0.39 is 15.6 Å². The molecule has 4 heteroatoms. The summed E-state index contributed by atoms with van der Waals surface area (Å²) in [5, 5.41) is 0. The molecule has 3 aromatic rings. The van der Waals surface area contributed by atoms with Gasteiger partial charge in [0.15, 0.2) is 0 Å². The van der Waals surface area contributed by atoms with Gasteiger partial charge in [-0.15, -0.1) is 0 Å². The highest BCUT2D eigenvalue weighted by Crippen LogP contribution is 2.57. The number of hydrogen-bond donors (Lipinski definition) is 0. The fourth-order valence-corrected chi connectivity index (χ4v) is 5.88. The first-order chi connectivity index (χ1) is 12.5. The molecule has 3 aromatic carbocycles. The lowest BCUT2D eigenvalue weighted by Crippen LogP contribution is -2.23. The summed E-state index contributed by atoms with van der Waals surface area (Å²) in [4.78, 5) is 0.337. The molecular weight excluding hydrogens is 342 g/mol. The molecule has 1 aliphatic rings. The second-order valence-electron chi connectivity index (χ2n) is 6.79. The summed E-state index contributed by atoms with van der Waals surface area (Å²) in [7, 11) is -3.60. The van der Waals surface area contributed by atoms with Gasteiger partial charge in [0.2, 0.25) is 10.0 Å². The van der Waals surface area contributed by atoms with Crippen molar-refractivity contribution in [3.05, 3.63) is 102 Å². The zero-order valence-corrected chi connectivity index (χ0v) is 15.6. The van der Waals surface area contributed by atoms with E-state index in [1.807, 2.05) is 86.6 Å². The molecule has 1 saturated heterocycles. The molecule has 2 atom stereocenters. The van der Waals surface area contributed by atoms with Crippen LogP contribution in [0, 0.1) is 6.92 Å². The van der Waals surface area contributed by atoms with E-state index in [1.165, 1.54) is 0 Å². The van der Waals surface area contributed by atoms with Crippen LogP contribution in [0.1, 0.15) is 23.6 Å². The Morgan fingerprint density at radius 1 is 0.769 bits per heavy atom. The number of hydrogen-bond acceptors (Lipinski definition) is 2. The van der Waals surface area contributed by atoms with E-state index in [9.17, 15) is 8.42 Å². The molecule has 2 unspecified atom stereocenters. The molecular formula is C22H21NO2S. The normalized spacial score (nSPS) is 21.3. The van der Waals surface area contributed by atoms with Gasteiger partial charge in [-0.1, -0.05) is 78.4 Å². The zero-order chi connectivity index (χ0) is 18.4. The summed E-state index contributed by atoms with van der Waals surface area (Å²) in [6.45, 7) is 3.93. The Hall–Kier alpha value is -2.43. The predicted octanol–water partition coefficient (Wildman–Crippen LogP) is 4.33. The minimum Gasteiger partial charge on any atom is -0.207 e. The molecule has 1 fully saturated rings. The van der Waals surface area contributed by atoms with Crippen LogP contribution in [0.5, 0.6) is 0 Å². The van der Waals surface area contributed by atoms with Crippen LogP contribution in [0.2, 0.25) is 0 Å². The molecule has 0 amide bonds. The Morgan fingerprint density at radius 3 is 1.69 bits per heavy atom. The van der Waals surface area contributed by atoms with Crippen LogP contribution in [0.3, 0.4) is 0 Å². The average molecular weight is 363 g/mol. The van der Waals surface area contributed by atoms with Crippen molar-refractivity contribution in [3.63, 3.8) is 0 Å². The SMILES string of the molecule is Cc1ccc(S(=O)(=O)N2C(C)C2(c2ccccc2)c2ccccc2)cc1. The first kappa shape index (κ1) is 17.0. The lowest BCUT2D eigenvalue weighted by Gasteiger charge is -2.19. The molecule has 1 aliphatic heterocycles. The van der Waals surface area contributed by atoms with E-state index in [0.717, 1.165) is 16.7 Å². The van der Waals surface area contributed by atoms with Crippen molar-refractivity contribution >= 4 is 10.0 Å². The number of sulfonamides is 1. The number of rotatable bonds is 4. The van der Waals surface area contributed by atoms with Gasteiger partial charge in [0, 0.05) is 0 Å². The van der Waals surface area contributed by atoms with Gasteiger partial charge in [0.25, 0.3) is 0 Å². The van der Waals surface area contributed by atoms with E-state index >= 15 is 0 Å². The Morgan fingerprint density at radius 2 is 1.23 bits per heavy atom. The minimum absolute atomic E-state index is 0.154. The third-order valence-electron chi connectivity index (χ3n) is 5.24.